The minimum absolute atomic E-state index is 0.931. The fourth-order valence-electron chi connectivity index (χ4n) is 6.70. The predicted octanol–water partition coefficient (Wildman–Crippen LogP) is 6.61. The van der Waals surface area contributed by atoms with Crippen LogP contribution in [0, 0.1) is 0 Å². The summed E-state index contributed by atoms with van der Waals surface area (Å²) in [5.41, 5.74) is 7.02. The van der Waals surface area contributed by atoms with Gasteiger partial charge in [-0.25, -0.2) is 0 Å². The summed E-state index contributed by atoms with van der Waals surface area (Å²) in [6.07, 6.45) is 0. The quantitative estimate of drug-likeness (QED) is 0.243. The van der Waals surface area contributed by atoms with Crippen LogP contribution in [0.1, 0.15) is 0 Å². The van der Waals surface area contributed by atoms with Gasteiger partial charge >= 0.3 is 0 Å². The Morgan fingerprint density at radius 3 is 1.66 bits per heavy atom. The maximum atomic E-state index is 6.39. The van der Waals surface area contributed by atoms with Gasteiger partial charge in [0.15, 0.2) is 8.07 Å². The van der Waals surface area contributed by atoms with Crippen LogP contribution in [-0.2, 0) is 0 Å². The standard InChI is InChI=1S/C36H24OSi/c1-3-13-25(14-4-1)38(26-15-5-2-6-16-26)33-21-11-8-17-27(33)28-23-24-32-36(29-18-7-10-20-31(29)37-32)35(28)30-19-9-12-22-34(30)38/h1-24H. The van der Waals surface area contributed by atoms with Gasteiger partial charge in [0, 0.05) is 16.3 Å². The first kappa shape index (κ1) is 21.4. The molecule has 38 heavy (non-hydrogen) atoms. The number of hydrogen-bond donors (Lipinski definition) is 0. The largest absolute Gasteiger partial charge is 0.456 e. The van der Waals surface area contributed by atoms with Crippen molar-refractivity contribution in [1.29, 1.82) is 0 Å². The predicted molar refractivity (Wildman–Crippen MR) is 162 cm³/mol. The Labute approximate surface area is 222 Å². The molecular formula is C36H24OSi. The van der Waals surface area contributed by atoms with E-state index in [0.717, 1.165) is 11.2 Å². The summed E-state index contributed by atoms with van der Waals surface area (Å²) in [4.78, 5) is 0. The third-order valence-corrected chi connectivity index (χ3v) is 13.1. The lowest BCUT2D eigenvalue weighted by molar-refractivity contribution is 0.669. The monoisotopic (exact) mass is 500 g/mol. The minimum Gasteiger partial charge on any atom is -0.456 e. The number of benzene rings is 6. The summed E-state index contributed by atoms with van der Waals surface area (Å²) < 4.78 is 6.39. The van der Waals surface area contributed by atoms with E-state index in [1.165, 1.54) is 53.8 Å². The van der Waals surface area contributed by atoms with Gasteiger partial charge in [0.2, 0.25) is 0 Å². The molecular weight excluding hydrogens is 476 g/mol. The van der Waals surface area contributed by atoms with Crippen molar-refractivity contribution in [3.05, 3.63) is 146 Å². The first-order valence-corrected chi connectivity index (χ1v) is 15.1. The summed E-state index contributed by atoms with van der Waals surface area (Å²) in [6, 6.07) is 53.5. The fourth-order valence-corrected chi connectivity index (χ4v) is 11.9. The van der Waals surface area contributed by atoms with Crippen molar-refractivity contribution in [3.8, 4) is 22.3 Å². The molecule has 0 saturated carbocycles. The van der Waals surface area contributed by atoms with Gasteiger partial charge in [-0.15, -0.1) is 0 Å². The Hall–Kier alpha value is -4.66. The second-order valence-electron chi connectivity index (χ2n) is 10.0. The normalized spacial score (nSPS) is 13.5. The molecule has 0 N–H and O–H groups in total. The second kappa shape index (κ2) is 8.17. The van der Waals surface area contributed by atoms with Crippen molar-refractivity contribution >= 4 is 50.8 Å². The maximum absolute atomic E-state index is 6.39. The van der Waals surface area contributed by atoms with E-state index in [1.807, 2.05) is 0 Å². The van der Waals surface area contributed by atoms with E-state index in [2.05, 4.69) is 146 Å². The molecule has 1 aliphatic rings. The zero-order valence-corrected chi connectivity index (χ0v) is 21.8. The first-order valence-electron chi connectivity index (χ1n) is 13.1. The van der Waals surface area contributed by atoms with Crippen LogP contribution in [0.4, 0.5) is 0 Å². The summed E-state index contributed by atoms with van der Waals surface area (Å²) in [5.74, 6) is 0. The van der Waals surface area contributed by atoms with E-state index in [-0.39, 0.29) is 0 Å². The molecule has 0 radical (unpaired) electrons. The minimum atomic E-state index is -2.69. The lowest BCUT2D eigenvalue weighted by Gasteiger charge is -2.35. The average Bonchev–Trinajstić information content (AvgIpc) is 3.33. The molecule has 7 aromatic rings. The molecule has 6 aromatic carbocycles. The molecule has 0 bridgehead atoms. The smallest absolute Gasteiger partial charge is 0.180 e. The Morgan fingerprint density at radius 2 is 0.947 bits per heavy atom. The molecule has 0 aliphatic carbocycles. The van der Waals surface area contributed by atoms with Gasteiger partial charge in [0.25, 0.3) is 0 Å². The Morgan fingerprint density at radius 1 is 0.395 bits per heavy atom. The van der Waals surface area contributed by atoms with E-state index in [1.54, 1.807) is 0 Å². The van der Waals surface area contributed by atoms with E-state index < -0.39 is 8.07 Å². The van der Waals surface area contributed by atoms with Gasteiger partial charge < -0.3 is 4.42 Å². The van der Waals surface area contributed by atoms with Crippen LogP contribution in [0.25, 0.3) is 44.2 Å². The number of furan rings is 1. The highest BCUT2D eigenvalue weighted by atomic mass is 28.3. The number of para-hydroxylation sites is 1. The number of rotatable bonds is 2. The van der Waals surface area contributed by atoms with Gasteiger partial charge in [-0.3, -0.25) is 0 Å². The van der Waals surface area contributed by atoms with Crippen molar-refractivity contribution < 1.29 is 4.42 Å². The Balaban J connectivity index is 1.65. The molecule has 1 aromatic heterocycles. The molecule has 8 rings (SSSR count). The fraction of sp³-hybridized carbons (Fsp3) is 0. The maximum Gasteiger partial charge on any atom is 0.180 e. The zero-order valence-electron chi connectivity index (χ0n) is 20.8. The van der Waals surface area contributed by atoms with Crippen LogP contribution in [0.3, 0.4) is 0 Å². The van der Waals surface area contributed by atoms with Crippen LogP contribution in [-0.4, -0.2) is 8.07 Å². The highest BCUT2D eigenvalue weighted by Gasteiger charge is 2.46. The summed E-state index contributed by atoms with van der Waals surface area (Å²) in [6.45, 7) is 0. The number of hydrogen-bond acceptors (Lipinski definition) is 1. The zero-order chi connectivity index (χ0) is 25.1. The molecule has 178 valence electrons. The molecule has 2 heteroatoms. The van der Waals surface area contributed by atoms with Crippen LogP contribution in [0.15, 0.2) is 150 Å². The third kappa shape index (κ3) is 2.81. The molecule has 0 fully saturated rings. The molecule has 0 saturated heterocycles. The van der Waals surface area contributed by atoms with E-state index in [4.69, 9.17) is 4.42 Å². The van der Waals surface area contributed by atoms with E-state index in [0.29, 0.717) is 0 Å². The molecule has 0 spiro atoms. The molecule has 0 atom stereocenters. The summed E-state index contributed by atoms with van der Waals surface area (Å²) in [7, 11) is -2.69. The van der Waals surface area contributed by atoms with Crippen LogP contribution >= 0.6 is 0 Å². The molecule has 1 nitrogen and oxygen atoms in total. The molecule has 0 amide bonds. The highest BCUT2D eigenvalue weighted by Crippen LogP contribution is 2.44. The van der Waals surface area contributed by atoms with Gasteiger partial charge in [0.1, 0.15) is 11.2 Å². The van der Waals surface area contributed by atoms with Crippen molar-refractivity contribution in [1.82, 2.24) is 0 Å². The first-order chi connectivity index (χ1) is 18.9. The number of fused-ring (bicyclic) bond motifs is 9. The van der Waals surface area contributed by atoms with Crippen LogP contribution in [0.5, 0.6) is 0 Å². The Kier molecular flexibility index (Phi) is 4.61. The van der Waals surface area contributed by atoms with Crippen molar-refractivity contribution in [3.63, 3.8) is 0 Å². The van der Waals surface area contributed by atoms with Crippen LogP contribution in [0.2, 0.25) is 0 Å². The highest BCUT2D eigenvalue weighted by molar-refractivity contribution is 7.21. The molecule has 2 heterocycles. The van der Waals surface area contributed by atoms with Crippen molar-refractivity contribution in [2.75, 3.05) is 0 Å². The SMILES string of the molecule is c1ccc([Si]2(c3ccccc3)c3ccccc3-c3ccc4oc5ccccc5c4c3-c3ccccc32)cc1. The van der Waals surface area contributed by atoms with Crippen molar-refractivity contribution in [2.45, 2.75) is 0 Å². The topological polar surface area (TPSA) is 13.1 Å². The Bertz CT molecular complexity index is 1930. The van der Waals surface area contributed by atoms with Crippen LogP contribution < -0.4 is 20.7 Å². The lowest BCUT2D eigenvalue weighted by Crippen LogP contribution is -2.75. The van der Waals surface area contributed by atoms with E-state index in [9.17, 15) is 0 Å². The van der Waals surface area contributed by atoms with Gasteiger partial charge in [-0.05, 0) is 49.6 Å². The average molecular weight is 501 g/mol. The molecule has 0 unspecified atom stereocenters. The lowest BCUT2D eigenvalue weighted by atomic mass is 9.91. The van der Waals surface area contributed by atoms with Gasteiger partial charge in [-0.2, -0.15) is 0 Å². The van der Waals surface area contributed by atoms with Gasteiger partial charge in [0.05, 0.1) is 0 Å². The molecule has 1 aliphatic heterocycles. The van der Waals surface area contributed by atoms with E-state index >= 15 is 0 Å². The summed E-state index contributed by atoms with van der Waals surface area (Å²) in [5, 5.41) is 8.00. The summed E-state index contributed by atoms with van der Waals surface area (Å²) >= 11 is 0. The van der Waals surface area contributed by atoms with Crippen molar-refractivity contribution in [2.24, 2.45) is 0 Å². The second-order valence-corrected chi connectivity index (χ2v) is 13.8. The third-order valence-electron chi connectivity index (χ3n) is 8.18. The van der Waals surface area contributed by atoms with Gasteiger partial charge in [-0.1, -0.05) is 133 Å².